The number of allylic oxidation sites excluding steroid dienone is 1. The monoisotopic (exact) mass is 330 g/mol. The highest BCUT2D eigenvalue weighted by Crippen LogP contribution is 2.21. The standard InChI is InChI=1S/C15H17Cl2FN2O/c1-4-20(8-13(18)14(19)9(2)3)15(21)10-5-11(16)7-12(17)6-10/h5-9,19H,4H2,1-3H3. The fraction of sp³-hybridized carbons (Fsp3) is 0.333. The zero-order valence-corrected chi connectivity index (χ0v) is 13.6. The van der Waals surface area contributed by atoms with E-state index in [9.17, 15) is 9.18 Å². The van der Waals surface area contributed by atoms with Gasteiger partial charge in [-0.1, -0.05) is 37.0 Å². The highest BCUT2D eigenvalue weighted by molar-refractivity contribution is 6.35. The number of halogens is 3. The third-order valence-electron chi connectivity index (χ3n) is 2.81. The van der Waals surface area contributed by atoms with Gasteiger partial charge in [-0.3, -0.25) is 4.79 Å². The molecule has 0 aliphatic rings. The fourth-order valence-electron chi connectivity index (χ4n) is 1.62. The number of hydrogen-bond donors (Lipinski definition) is 1. The van der Waals surface area contributed by atoms with Crippen LogP contribution < -0.4 is 0 Å². The Labute approximate surface area is 133 Å². The number of amides is 1. The number of nitrogens with one attached hydrogen (secondary N) is 1. The second-order valence-electron chi connectivity index (χ2n) is 4.79. The van der Waals surface area contributed by atoms with Crippen molar-refractivity contribution in [1.29, 1.82) is 5.41 Å². The summed E-state index contributed by atoms with van der Waals surface area (Å²) in [5, 5.41) is 8.28. The molecule has 0 bridgehead atoms. The summed E-state index contributed by atoms with van der Waals surface area (Å²) in [5.74, 6) is -1.40. The van der Waals surface area contributed by atoms with Gasteiger partial charge in [-0.15, -0.1) is 0 Å². The average molecular weight is 331 g/mol. The molecule has 0 spiro atoms. The van der Waals surface area contributed by atoms with Gasteiger partial charge in [-0.2, -0.15) is 0 Å². The lowest BCUT2D eigenvalue weighted by atomic mass is 10.1. The summed E-state index contributed by atoms with van der Waals surface area (Å²) in [7, 11) is 0. The third kappa shape index (κ3) is 4.83. The minimum absolute atomic E-state index is 0.148. The van der Waals surface area contributed by atoms with E-state index < -0.39 is 11.7 Å². The highest BCUT2D eigenvalue weighted by Gasteiger charge is 2.17. The Kier molecular flexibility index (Phi) is 6.37. The zero-order valence-electron chi connectivity index (χ0n) is 12.1. The lowest BCUT2D eigenvalue weighted by Gasteiger charge is -2.17. The normalized spacial score (nSPS) is 11.7. The van der Waals surface area contributed by atoms with E-state index in [1.165, 1.54) is 23.1 Å². The molecule has 0 saturated carbocycles. The van der Waals surface area contributed by atoms with Crippen LogP contribution in [0.1, 0.15) is 31.1 Å². The second-order valence-corrected chi connectivity index (χ2v) is 5.67. The fourth-order valence-corrected chi connectivity index (χ4v) is 2.14. The van der Waals surface area contributed by atoms with Crippen LogP contribution in [0.3, 0.4) is 0 Å². The predicted octanol–water partition coefficient (Wildman–Crippen LogP) is 4.94. The smallest absolute Gasteiger partial charge is 0.257 e. The Morgan fingerprint density at radius 3 is 2.29 bits per heavy atom. The van der Waals surface area contributed by atoms with Crippen LogP contribution in [0, 0.1) is 11.3 Å². The van der Waals surface area contributed by atoms with Gasteiger partial charge in [0.25, 0.3) is 5.91 Å². The van der Waals surface area contributed by atoms with Gasteiger partial charge in [0.05, 0.1) is 5.71 Å². The van der Waals surface area contributed by atoms with E-state index in [2.05, 4.69) is 0 Å². The number of hydrogen-bond acceptors (Lipinski definition) is 2. The van der Waals surface area contributed by atoms with Gasteiger partial charge < -0.3 is 10.3 Å². The van der Waals surface area contributed by atoms with Gasteiger partial charge in [0.2, 0.25) is 0 Å². The van der Waals surface area contributed by atoms with Crippen LogP contribution >= 0.6 is 23.2 Å². The quantitative estimate of drug-likeness (QED) is 0.763. The summed E-state index contributed by atoms with van der Waals surface area (Å²) in [6.45, 7) is 5.41. The molecule has 21 heavy (non-hydrogen) atoms. The molecule has 0 unspecified atom stereocenters. The van der Waals surface area contributed by atoms with E-state index in [1.807, 2.05) is 0 Å². The van der Waals surface area contributed by atoms with E-state index in [0.29, 0.717) is 10.0 Å². The van der Waals surface area contributed by atoms with Crippen LogP contribution in [0.2, 0.25) is 10.0 Å². The maximum Gasteiger partial charge on any atom is 0.257 e. The Morgan fingerprint density at radius 1 is 1.33 bits per heavy atom. The van der Waals surface area contributed by atoms with Crippen molar-refractivity contribution in [2.24, 2.45) is 5.92 Å². The first-order chi connectivity index (χ1) is 9.76. The second kappa shape index (κ2) is 7.57. The topological polar surface area (TPSA) is 44.2 Å². The maximum atomic E-state index is 13.9. The van der Waals surface area contributed by atoms with Gasteiger partial charge in [-0.05, 0) is 31.0 Å². The number of nitrogens with zero attached hydrogens (tertiary/aromatic N) is 1. The third-order valence-corrected chi connectivity index (χ3v) is 3.25. The first-order valence-corrected chi connectivity index (χ1v) is 7.25. The Bertz CT molecular complexity index is 565. The molecule has 1 aromatic carbocycles. The van der Waals surface area contributed by atoms with Crippen molar-refractivity contribution in [3.05, 3.63) is 45.8 Å². The van der Waals surface area contributed by atoms with E-state index in [4.69, 9.17) is 28.6 Å². The van der Waals surface area contributed by atoms with E-state index in [1.54, 1.807) is 20.8 Å². The maximum absolute atomic E-state index is 13.9. The molecule has 0 heterocycles. The molecule has 0 atom stereocenters. The van der Waals surface area contributed by atoms with E-state index in [-0.39, 0.29) is 23.7 Å². The molecule has 0 saturated heterocycles. The first kappa shape index (κ1) is 17.7. The molecule has 3 nitrogen and oxygen atoms in total. The molecule has 0 aromatic heterocycles. The van der Waals surface area contributed by atoms with Crippen molar-refractivity contribution in [2.75, 3.05) is 6.54 Å². The van der Waals surface area contributed by atoms with Crippen molar-refractivity contribution < 1.29 is 9.18 Å². The molecule has 0 fully saturated rings. The van der Waals surface area contributed by atoms with Crippen LogP contribution in [-0.2, 0) is 0 Å². The summed E-state index contributed by atoms with van der Waals surface area (Å²) in [4.78, 5) is 13.5. The van der Waals surface area contributed by atoms with Crippen molar-refractivity contribution in [1.82, 2.24) is 4.90 Å². The average Bonchev–Trinajstić information content (AvgIpc) is 2.41. The highest BCUT2D eigenvalue weighted by atomic mass is 35.5. The molecule has 1 aromatic rings. The van der Waals surface area contributed by atoms with Gasteiger partial charge in [0.1, 0.15) is 0 Å². The predicted molar refractivity (Wildman–Crippen MR) is 84.9 cm³/mol. The van der Waals surface area contributed by atoms with Crippen LogP contribution in [-0.4, -0.2) is 23.1 Å². The van der Waals surface area contributed by atoms with Gasteiger partial charge in [0, 0.05) is 28.4 Å². The molecular formula is C15H17Cl2FN2O. The lowest BCUT2D eigenvalue weighted by molar-refractivity contribution is 0.0826. The largest absolute Gasteiger partial charge is 0.312 e. The minimum atomic E-state index is -0.728. The van der Waals surface area contributed by atoms with E-state index in [0.717, 1.165) is 6.20 Å². The molecule has 114 valence electrons. The summed E-state index contributed by atoms with van der Waals surface area (Å²) in [5.41, 5.74) is 0.125. The zero-order chi connectivity index (χ0) is 16.2. The van der Waals surface area contributed by atoms with Crippen LogP contribution in [0.4, 0.5) is 4.39 Å². The SMILES string of the molecule is CCN(C=C(F)C(=N)C(C)C)C(=O)c1cc(Cl)cc(Cl)c1. The number of carbonyl (C=O) groups is 1. The van der Waals surface area contributed by atoms with Gasteiger partial charge >= 0.3 is 0 Å². The molecule has 0 aliphatic heterocycles. The number of rotatable bonds is 5. The van der Waals surface area contributed by atoms with Crippen LogP contribution in [0.15, 0.2) is 30.2 Å². The van der Waals surface area contributed by atoms with Crippen LogP contribution in [0.25, 0.3) is 0 Å². The first-order valence-electron chi connectivity index (χ1n) is 6.49. The molecule has 0 aliphatic carbocycles. The van der Waals surface area contributed by atoms with Gasteiger partial charge in [0.15, 0.2) is 5.83 Å². The number of carbonyl (C=O) groups excluding carboxylic acids is 1. The van der Waals surface area contributed by atoms with E-state index >= 15 is 0 Å². The Morgan fingerprint density at radius 2 is 1.86 bits per heavy atom. The van der Waals surface area contributed by atoms with Gasteiger partial charge in [-0.25, -0.2) is 4.39 Å². The molecule has 0 radical (unpaired) electrons. The summed E-state index contributed by atoms with van der Waals surface area (Å²) in [6, 6.07) is 4.46. The molecule has 1 N–H and O–H groups in total. The lowest BCUT2D eigenvalue weighted by Crippen LogP contribution is -2.26. The molecule has 6 heteroatoms. The number of benzene rings is 1. The summed E-state index contributed by atoms with van der Waals surface area (Å²) in [6.07, 6.45) is 1.04. The van der Waals surface area contributed by atoms with Crippen LogP contribution in [0.5, 0.6) is 0 Å². The summed E-state index contributed by atoms with van der Waals surface area (Å²) >= 11 is 11.7. The van der Waals surface area contributed by atoms with Crippen molar-refractivity contribution >= 4 is 34.8 Å². The van der Waals surface area contributed by atoms with Crippen molar-refractivity contribution in [2.45, 2.75) is 20.8 Å². The molecule has 1 rings (SSSR count). The molecular weight excluding hydrogens is 314 g/mol. The summed E-state index contributed by atoms with van der Waals surface area (Å²) < 4.78 is 13.9. The minimum Gasteiger partial charge on any atom is -0.312 e. The van der Waals surface area contributed by atoms with Crippen molar-refractivity contribution in [3.8, 4) is 0 Å². The Hall–Kier alpha value is -1.39. The Balaban J connectivity index is 3.07. The van der Waals surface area contributed by atoms with Crippen molar-refractivity contribution in [3.63, 3.8) is 0 Å². The molecule has 1 amide bonds.